The number of nitrogens with two attached hydrogens (primary N) is 1. The molecule has 0 amide bonds. The molecule has 0 bridgehead atoms. The number of hydrogen-bond acceptors (Lipinski definition) is 1. The monoisotopic (exact) mass is 205 g/mol. The lowest BCUT2D eigenvalue weighted by Gasteiger charge is -2.63. The Hall–Kier alpha value is -0.250. The van der Waals surface area contributed by atoms with Crippen LogP contribution >= 0.6 is 0 Å². The van der Waals surface area contributed by atoms with Crippen molar-refractivity contribution in [2.24, 2.45) is 16.6 Å². The maximum Gasteiger partial charge on any atom is 0.406 e. The first kappa shape index (κ1) is 9.01. The summed E-state index contributed by atoms with van der Waals surface area (Å²) in [6.07, 6.45) is 0.627. The molecule has 1 nitrogen and oxygen atoms in total. The van der Waals surface area contributed by atoms with Crippen LogP contribution in [0.4, 0.5) is 13.2 Å². The fourth-order valence-electron chi connectivity index (χ4n) is 3.81. The smallest absolute Gasteiger partial charge is 0.318 e. The van der Waals surface area contributed by atoms with Gasteiger partial charge in [-0.15, -0.1) is 0 Å². The van der Waals surface area contributed by atoms with Gasteiger partial charge in [0.05, 0.1) is 0 Å². The highest BCUT2D eigenvalue weighted by molar-refractivity contribution is 5.22. The quantitative estimate of drug-likeness (QED) is 0.646. The summed E-state index contributed by atoms with van der Waals surface area (Å²) in [6, 6.07) is 0. The first-order chi connectivity index (χ1) is 6.29. The molecule has 3 fully saturated rings. The van der Waals surface area contributed by atoms with E-state index in [0.29, 0.717) is 5.41 Å². The Morgan fingerprint density at radius 3 is 1.71 bits per heavy atom. The second kappa shape index (κ2) is 1.99. The average Bonchev–Trinajstić information content (AvgIpc) is 2.59. The molecule has 2 spiro atoms. The van der Waals surface area contributed by atoms with Crippen molar-refractivity contribution >= 4 is 0 Å². The van der Waals surface area contributed by atoms with Crippen molar-refractivity contribution in [1.29, 1.82) is 0 Å². The van der Waals surface area contributed by atoms with E-state index >= 15 is 0 Å². The van der Waals surface area contributed by atoms with Gasteiger partial charge in [0.2, 0.25) is 0 Å². The first-order valence-corrected chi connectivity index (χ1v) is 5.14. The summed E-state index contributed by atoms with van der Waals surface area (Å²) < 4.78 is 37.4. The van der Waals surface area contributed by atoms with Gasteiger partial charge in [0, 0.05) is 0 Å². The molecule has 3 rings (SSSR count). The standard InChI is InChI=1S/C10H14F3N/c11-10(12,13)9(14)5-8(6-9)3-7(4-8)1-2-7/h1-6,14H2. The van der Waals surface area contributed by atoms with Crippen molar-refractivity contribution in [3.8, 4) is 0 Å². The molecule has 0 aromatic heterocycles. The van der Waals surface area contributed by atoms with E-state index in [4.69, 9.17) is 5.73 Å². The van der Waals surface area contributed by atoms with Gasteiger partial charge in [-0.25, -0.2) is 0 Å². The third-order valence-electron chi connectivity index (χ3n) is 4.40. The SMILES string of the molecule is NC1(C(F)(F)F)CC2(CC3(CC3)C2)C1. The Morgan fingerprint density at radius 2 is 1.36 bits per heavy atom. The van der Waals surface area contributed by atoms with Crippen molar-refractivity contribution in [3.63, 3.8) is 0 Å². The van der Waals surface area contributed by atoms with Crippen LogP contribution < -0.4 is 5.73 Å². The number of rotatable bonds is 0. The molecule has 0 saturated heterocycles. The molecule has 0 heterocycles. The molecule has 3 saturated carbocycles. The molecule has 4 heteroatoms. The maximum absolute atomic E-state index is 12.5. The summed E-state index contributed by atoms with van der Waals surface area (Å²) in [5.41, 5.74) is 3.96. The van der Waals surface area contributed by atoms with Gasteiger partial charge in [-0.1, -0.05) is 0 Å². The lowest BCUT2D eigenvalue weighted by molar-refractivity contribution is -0.255. The van der Waals surface area contributed by atoms with E-state index in [-0.39, 0.29) is 18.3 Å². The van der Waals surface area contributed by atoms with Crippen LogP contribution in [-0.2, 0) is 0 Å². The highest BCUT2D eigenvalue weighted by Gasteiger charge is 2.73. The minimum atomic E-state index is -4.20. The second-order valence-electron chi connectivity index (χ2n) is 5.86. The highest BCUT2D eigenvalue weighted by Crippen LogP contribution is 2.76. The largest absolute Gasteiger partial charge is 0.406 e. The van der Waals surface area contributed by atoms with Gasteiger partial charge >= 0.3 is 6.18 Å². The molecule has 3 aliphatic rings. The average molecular weight is 205 g/mol. The van der Waals surface area contributed by atoms with E-state index in [1.54, 1.807) is 0 Å². The van der Waals surface area contributed by atoms with Crippen molar-refractivity contribution in [2.75, 3.05) is 0 Å². The minimum absolute atomic E-state index is 0.0131. The summed E-state index contributed by atoms with van der Waals surface area (Å²) in [7, 11) is 0. The van der Waals surface area contributed by atoms with Crippen LogP contribution in [0, 0.1) is 10.8 Å². The van der Waals surface area contributed by atoms with Crippen LogP contribution in [0.2, 0.25) is 0 Å². The van der Waals surface area contributed by atoms with Gasteiger partial charge < -0.3 is 5.73 Å². The molecule has 3 aliphatic carbocycles. The van der Waals surface area contributed by atoms with Crippen LogP contribution in [0.15, 0.2) is 0 Å². The molecule has 2 N–H and O–H groups in total. The van der Waals surface area contributed by atoms with Crippen LogP contribution in [0.25, 0.3) is 0 Å². The first-order valence-electron chi connectivity index (χ1n) is 5.14. The zero-order valence-corrected chi connectivity index (χ0v) is 7.95. The van der Waals surface area contributed by atoms with Gasteiger partial charge in [-0.3, -0.25) is 0 Å². The molecule has 14 heavy (non-hydrogen) atoms. The molecule has 0 aromatic rings. The van der Waals surface area contributed by atoms with Gasteiger partial charge in [-0.2, -0.15) is 13.2 Å². The number of halogens is 3. The minimum Gasteiger partial charge on any atom is -0.318 e. The van der Waals surface area contributed by atoms with Gasteiger partial charge in [-0.05, 0) is 49.4 Å². The molecule has 0 aliphatic heterocycles. The Balaban J connectivity index is 1.66. The van der Waals surface area contributed by atoms with Crippen LogP contribution in [-0.4, -0.2) is 11.7 Å². The lowest BCUT2D eigenvalue weighted by Crippen LogP contribution is -2.69. The molecule has 0 atom stereocenters. The predicted molar refractivity (Wildman–Crippen MR) is 45.5 cm³/mol. The molecule has 0 radical (unpaired) electrons. The third-order valence-corrected chi connectivity index (χ3v) is 4.40. The summed E-state index contributed by atoms with van der Waals surface area (Å²) in [4.78, 5) is 0. The van der Waals surface area contributed by atoms with Gasteiger partial charge in [0.15, 0.2) is 0 Å². The normalized spacial score (nSPS) is 35.1. The number of hydrogen-bond donors (Lipinski definition) is 1. The molecular weight excluding hydrogens is 191 g/mol. The molecule has 80 valence electrons. The van der Waals surface area contributed by atoms with Crippen molar-refractivity contribution in [2.45, 2.75) is 50.2 Å². The molecule has 0 unspecified atom stereocenters. The Labute approximate surface area is 80.8 Å². The van der Waals surface area contributed by atoms with Crippen LogP contribution in [0.1, 0.15) is 38.5 Å². The fourth-order valence-corrected chi connectivity index (χ4v) is 3.81. The van der Waals surface area contributed by atoms with Gasteiger partial charge in [0.25, 0.3) is 0 Å². The zero-order valence-electron chi connectivity index (χ0n) is 7.95. The summed E-state index contributed by atoms with van der Waals surface area (Å²) >= 11 is 0. The zero-order chi connectivity index (χ0) is 10.2. The van der Waals surface area contributed by atoms with E-state index in [0.717, 1.165) is 12.8 Å². The van der Waals surface area contributed by atoms with E-state index in [9.17, 15) is 13.2 Å². The molecule has 0 aromatic carbocycles. The van der Waals surface area contributed by atoms with E-state index in [1.807, 2.05) is 0 Å². The second-order valence-corrected chi connectivity index (χ2v) is 5.86. The Kier molecular flexibility index (Phi) is 1.28. The summed E-state index contributed by atoms with van der Waals surface area (Å²) in [5, 5.41) is 0. The summed E-state index contributed by atoms with van der Waals surface area (Å²) in [6.45, 7) is 0. The van der Waals surface area contributed by atoms with Crippen LogP contribution in [0.3, 0.4) is 0 Å². The predicted octanol–water partition coefficient (Wildman–Crippen LogP) is 2.60. The van der Waals surface area contributed by atoms with Crippen molar-refractivity contribution < 1.29 is 13.2 Å². The third kappa shape index (κ3) is 0.953. The Morgan fingerprint density at radius 1 is 0.857 bits per heavy atom. The lowest BCUT2D eigenvalue weighted by atomic mass is 9.44. The van der Waals surface area contributed by atoms with E-state index in [2.05, 4.69) is 0 Å². The maximum atomic E-state index is 12.5. The Bertz CT molecular complexity index is 274. The van der Waals surface area contributed by atoms with Crippen molar-refractivity contribution in [3.05, 3.63) is 0 Å². The van der Waals surface area contributed by atoms with E-state index < -0.39 is 11.7 Å². The highest BCUT2D eigenvalue weighted by atomic mass is 19.4. The van der Waals surface area contributed by atoms with Crippen molar-refractivity contribution in [1.82, 2.24) is 0 Å². The van der Waals surface area contributed by atoms with E-state index in [1.165, 1.54) is 12.8 Å². The number of alkyl halides is 3. The molecular formula is C10H14F3N. The fraction of sp³-hybridized carbons (Fsp3) is 1.00. The van der Waals surface area contributed by atoms with Crippen LogP contribution in [0.5, 0.6) is 0 Å². The van der Waals surface area contributed by atoms with Gasteiger partial charge in [0.1, 0.15) is 5.54 Å². The topological polar surface area (TPSA) is 26.0 Å². The summed E-state index contributed by atoms with van der Waals surface area (Å²) in [5.74, 6) is 0.